The molecule has 2 aliphatic carbocycles. The van der Waals surface area contributed by atoms with Gasteiger partial charge in [0.25, 0.3) is 0 Å². The Kier molecular flexibility index (Phi) is 11.7. The van der Waals surface area contributed by atoms with Crippen molar-refractivity contribution in [1.29, 1.82) is 0 Å². The second-order valence-corrected chi connectivity index (χ2v) is 16.3. The van der Waals surface area contributed by atoms with Crippen LogP contribution in [0.4, 0.5) is 0 Å². The third kappa shape index (κ3) is 6.72. The van der Waals surface area contributed by atoms with Gasteiger partial charge in [-0.1, -0.05) is 189 Å². The summed E-state index contributed by atoms with van der Waals surface area (Å²) in [6.45, 7) is 14.0. The molecule has 0 heterocycles. The second kappa shape index (κ2) is 15.5. The van der Waals surface area contributed by atoms with Gasteiger partial charge in [0.05, 0.1) is 0 Å². The van der Waals surface area contributed by atoms with E-state index in [0.717, 1.165) is 4.47 Å². The van der Waals surface area contributed by atoms with E-state index >= 15 is 0 Å². The van der Waals surface area contributed by atoms with Crippen molar-refractivity contribution in [3.63, 3.8) is 0 Å². The highest BCUT2D eigenvalue weighted by Gasteiger charge is 2.34. The van der Waals surface area contributed by atoms with Crippen LogP contribution in [0.1, 0.15) is 128 Å². The van der Waals surface area contributed by atoms with Gasteiger partial charge in [-0.15, -0.1) is 0 Å². The maximum absolute atomic E-state index is 3.67. The quantitative estimate of drug-likeness (QED) is 0.136. The van der Waals surface area contributed by atoms with Crippen molar-refractivity contribution in [3.8, 4) is 22.3 Å². The van der Waals surface area contributed by atoms with E-state index in [1.165, 1.54) is 129 Å². The maximum atomic E-state index is 3.67. The van der Waals surface area contributed by atoms with Crippen LogP contribution in [0.25, 0.3) is 43.8 Å². The molecule has 2 aliphatic rings. The number of halogens is 1. The van der Waals surface area contributed by atoms with Crippen LogP contribution >= 0.6 is 15.9 Å². The van der Waals surface area contributed by atoms with E-state index in [1.807, 2.05) is 0 Å². The fourth-order valence-corrected chi connectivity index (χ4v) is 9.17. The molecule has 0 spiro atoms. The first-order chi connectivity index (χ1) is 23.7. The predicted octanol–water partition coefficient (Wildman–Crippen LogP) is 15.8. The second-order valence-electron chi connectivity index (χ2n) is 15.4. The average molecular weight is 740 g/mol. The zero-order valence-electron chi connectivity index (χ0n) is 30.3. The fourth-order valence-electron chi connectivity index (χ4n) is 8.81. The van der Waals surface area contributed by atoms with Gasteiger partial charge in [0, 0.05) is 15.3 Å². The Bertz CT molecular complexity index is 2160. The molecule has 0 aromatic heterocycles. The van der Waals surface area contributed by atoms with Crippen LogP contribution in [-0.2, 0) is 23.7 Å². The third-order valence-electron chi connectivity index (χ3n) is 11.5. The minimum absolute atomic E-state index is 0. The number of aryl methyl sites for hydroxylation is 2. The van der Waals surface area contributed by atoms with Gasteiger partial charge in [-0.05, 0) is 115 Å². The van der Waals surface area contributed by atoms with E-state index in [2.05, 4.69) is 161 Å². The molecular weight excluding hydrogens is 680 g/mol. The van der Waals surface area contributed by atoms with Crippen LogP contribution in [0.3, 0.4) is 0 Å². The van der Waals surface area contributed by atoms with Crippen molar-refractivity contribution >= 4 is 37.5 Å². The van der Waals surface area contributed by atoms with Gasteiger partial charge in [0.2, 0.25) is 0 Å². The molecule has 8 rings (SSSR count). The Hall–Kier alpha value is -3.68. The molecule has 0 nitrogen and oxygen atoms in total. The molecular formula is C50H59Br. The smallest absolute Gasteiger partial charge is 0.0178 e. The van der Waals surface area contributed by atoms with E-state index in [9.17, 15) is 0 Å². The molecule has 0 saturated carbocycles. The summed E-state index contributed by atoms with van der Waals surface area (Å²) in [5, 5.41) is 5.86. The molecule has 51 heavy (non-hydrogen) atoms. The highest BCUT2D eigenvalue weighted by molar-refractivity contribution is 9.10. The van der Waals surface area contributed by atoms with Gasteiger partial charge in [0.1, 0.15) is 0 Å². The maximum Gasteiger partial charge on any atom is 0.0178 e. The lowest BCUT2D eigenvalue weighted by Crippen LogP contribution is -2.23. The van der Waals surface area contributed by atoms with Crippen molar-refractivity contribution in [2.45, 2.75) is 119 Å². The minimum Gasteiger partial charge on any atom is -0.0776 e. The zero-order chi connectivity index (χ0) is 34.3. The summed E-state index contributed by atoms with van der Waals surface area (Å²) in [5.41, 5.74) is 14.5. The first-order valence-electron chi connectivity index (χ1n) is 18.7. The monoisotopic (exact) mass is 738 g/mol. The predicted molar refractivity (Wildman–Crippen MR) is 231 cm³/mol. The van der Waals surface area contributed by atoms with Crippen molar-refractivity contribution in [2.75, 3.05) is 0 Å². The Morgan fingerprint density at radius 1 is 0.451 bits per heavy atom. The standard InChI is InChI=1S/C24H25Br.C24H26.2CH4/c1-4-5-6-8-16-11-13-20-19-14-12-17(25)15-22(19)24(2,3)21-10-7-9-18(16)23(20)21;1-4-5-6-10-17-15-16-20-19-11-7-8-13-21(19)24(2,3)22-14-9-12-18(17)23(20)22;;/h7,9-15H,4-6,8H2,1-3H3;7-9,11-16H,4-6,10H2,1-3H3;2*1H4. The summed E-state index contributed by atoms with van der Waals surface area (Å²) in [5.74, 6) is 0. The summed E-state index contributed by atoms with van der Waals surface area (Å²) in [6.07, 6.45) is 10.1. The molecule has 1 heteroatoms. The summed E-state index contributed by atoms with van der Waals surface area (Å²) in [7, 11) is 0. The molecule has 266 valence electrons. The lowest BCUT2D eigenvalue weighted by atomic mass is 9.68. The SMILES string of the molecule is C.C.CCCCCc1ccc2c3c(cccc13)C(C)(C)c1cc(Br)ccc1-2.CCCCCc1ccc2c3c(cccc13)C(C)(C)c1ccccc1-2. The molecule has 0 bridgehead atoms. The summed E-state index contributed by atoms with van der Waals surface area (Å²) >= 11 is 3.67. The highest BCUT2D eigenvalue weighted by Crippen LogP contribution is 2.51. The Morgan fingerprint density at radius 2 is 0.902 bits per heavy atom. The Morgan fingerprint density at radius 3 is 1.43 bits per heavy atom. The van der Waals surface area contributed by atoms with Crippen LogP contribution in [0.2, 0.25) is 0 Å². The molecule has 6 aromatic rings. The Labute approximate surface area is 317 Å². The van der Waals surface area contributed by atoms with E-state index in [4.69, 9.17) is 0 Å². The van der Waals surface area contributed by atoms with Crippen LogP contribution in [0, 0.1) is 0 Å². The molecule has 0 radical (unpaired) electrons. The molecule has 0 amide bonds. The van der Waals surface area contributed by atoms with Gasteiger partial charge in [0.15, 0.2) is 0 Å². The van der Waals surface area contributed by atoms with E-state index in [-0.39, 0.29) is 25.7 Å². The molecule has 6 aromatic carbocycles. The highest BCUT2D eigenvalue weighted by atomic mass is 79.9. The van der Waals surface area contributed by atoms with Gasteiger partial charge >= 0.3 is 0 Å². The van der Waals surface area contributed by atoms with Gasteiger partial charge in [-0.25, -0.2) is 0 Å². The van der Waals surface area contributed by atoms with Crippen molar-refractivity contribution in [1.82, 2.24) is 0 Å². The summed E-state index contributed by atoms with van der Waals surface area (Å²) < 4.78 is 1.16. The Balaban J connectivity index is 0.000000190. The van der Waals surface area contributed by atoms with Gasteiger partial charge < -0.3 is 0 Å². The molecule has 0 unspecified atom stereocenters. The summed E-state index contributed by atoms with van der Waals surface area (Å²) in [6, 6.07) is 38.9. The normalized spacial score (nSPS) is 14.0. The van der Waals surface area contributed by atoms with E-state index in [1.54, 1.807) is 0 Å². The molecule has 0 atom stereocenters. The molecule has 0 fully saturated rings. The molecule has 0 saturated heterocycles. The van der Waals surface area contributed by atoms with Crippen molar-refractivity contribution in [3.05, 3.63) is 141 Å². The van der Waals surface area contributed by atoms with E-state index in [0.29, 0.717) is 0 Å². The lowest BCUT2D eigenvalue weighted by Gasteiger charge is -2.35. The topological polar surface area (TPSA) is 0 Å². The molecule has 0 aliphatic heterocycles. The van der Waals surface area contributed by atoms with Crippen LogP contribution in [-0.4, -0.2) is 0 Å². The average Bonchev–Trinajstić information content (AvgIpc) is 3.11. The number of hydrogen-bond donors (Lipinski definition) is 0. The minimum atomic E-state index is 0. The lowest BCUT2D eigenvalue weighted by molar-refractivity contribution is 0.644. The first-order valence-corrected chi connectivity index (χ1v) is 19.5. The zero-order valence-corrected chi connectivity index (χ0v) is 31.9. The van der Waals surface area contributed by atoms with Crippen molar-refractivity contribution in [2.24, 2.45) is 0 Å². The van der Waals surface area contributed by atoms with Crippen LogP contribution < -0.4 is 0 Å². The van der Waals surface area contributed by atoms with Crippen LogP contribution in [0.5, 0.6) is 0 Å². The van der Waals surface area contributed by atoms with Crippen molar-refractivity contribution < 1.29 is 0 Å². The first kappa shape index (κ1) is 38.5. The third-order valence-corrected chi connectivity index (χ3v) is 12.0. The number of fused-ring (bicyclic) bond motifs is 4. The summed E-state index contributed by atoms with van der Waals surface area (Å²) in [4.78, 5) is 0. The number of hydrogen-bond acceptors (Lipinski definition) is 0. The van der Waals surface area contributed by atoms with Gasteiger partial charge in [-0.3, -0.25) is 0 Å². The fraction of sp³-hybridized carbons (Fsp3) is 0.360. The van der Waals surface area contributed by atoms with E-state index < -0.39 is 0 Å². The van der Waals surface area contributed by atoms with Crippen LogP contribution in [0.15, 0.2) is 108 Å². The number of unbranched alkanes of at least 4 members (excludes halogenated alkanes) is 4. The number of rotatable bonds is 8. The molecule has 0 N–H and O–H groups in total. The van der Waals surface area contributed by atoms with Gasteiger partial charge in [-0.2, -0.15) is 0 Å². The number of benzene rings is 6. The largest absolute Gasteiger partial charge is 0.0776 e.